The van der Waals surface area contributed by atoms with Gasteiger partial charge in [-0.2, -0.15) is 13.2 Å². The summed E-state index contributed by atoms with van der Waals surface area (Å²) in [5, 5.41) is 0.706. The highest BCUT2D eigenvalue weighted by molar-refractivity contribution is 7.92. The highest BCUT2D eigenvalue weighted by Gasteiger charge is 2.45. The molecule has 0 unspecified atom stereocenters. The van der Waals surface area contributed by atoms with Gasteiger partial charge in [-0.05, 0) is 49.7 Å². The number of anilines is 2. The predicted molar refractivity (Wildman–Crippen MR) is 131 cm³/mol. The summed E-state index contributed by atoms with van der Waals surface area (Å²) in [7, 11) is -3.29. The van der Waals surface area contributed by atoms with E-state index in [0.29, 0.717) is 15.9 Å². The van der Waals surface area contributed by atoms with Gasteiger partial charge in [-0.15, -0.1) is 11.3 Å². The van der Waals surface area contributed by atoms with E-state index in [1.165, 1.54) is 6.33 Å². The number of benzene rings is 1. The maximum Gasteiger partial charge on any atom is 0.393 e. The lowest BCUT2D eigenvalue weighted by Gasteiger charge is -2.54. The Morgan fingerprint density at radius 2 is 1.80 bits per heavy atom. The van der Waals surface area contributed by atoms with Crippen LogP contribution in [0.2, 0.25) is 0 Å². The van der Waals surface area contributed by atoms with Crippen molar-refractivity contribution in [3.8, 4) is 0 Å². The third kappa shape index (κ3) is 5.70. The van der Waals surface area contributed by atoms with Crippen LogP contribution in [0.3, 0.4) is 0 Å². The zero-order chi connectivity index (χ0) is 24.8. The largest absolute Gasteiger partial charge is 0.393 e. The van der Waals surface area contributed by atoms with Crippen molar-refractivity contribution in [3.05, 3.63) is 47.1 Å². The molecule has 2 aliphatic heterocycles. The summed E-state index contributed by atoms with van der Waals surface area (Å²) in [6.45, 7) is 4.43. The molecule has 2 fully saturated rings. The van der Waals surface area contributed by atoms with Gasteiger partial charge in [-0.3, -0.25) is 9.62 Å². The Hall–Kier alpha value is -2.44. The second-order valence-corrected chi connectivity index (χ2v) is 12.5. The quantitative estimate of drug-likeness (QED) is 0.518. The van der Waals surface area contributed by atoms with Gasteiger partial charge < -0.3 is 4.90 Å². The summed E-state index contributed by atoms with van der Waals surface area (Å²) in [5.74, 6) is 0.732. The fourth-order valence-electron chi connectivity index (χ4n) is 5.00. The monoisotopic (exact) mass is 525 g/mol. The van der Waals surface area contributed by atoms with Gasteiger partial charge >= 0.3 is 6.18 Å². The van der Waals surface area contributed by atoms with E-state index < -0.39 is 22.6 Å². The number of rotatable bonds is 6. The molecule has 3 aromatic rings. The minimum atomic E-state index is -4.24. The van der Waals surface area contributed by atoms with Crippen LogP contribution in [0.5, 0.6) is 0 Å². The van der Waals surface area contributed by atoms with Crippen LogP contribution >= 0.6 is 11.3 Å². The van der Waals surface area contributed by atoms with E-state index in [1.54, 1.807) is 18.2 Å². The molecule has 7 nitrogen and oxygen atoms in total. The van der Waals surface area contributed by atoms with Crippen LogP contribution in [0.4, 0.5) is 24.7 Å². The van der Waals surface area contributed by atoms with Crippen molar-refractivity contribution in [2.75, 3.05) is 42.1 Å². The summed E-state index contributed by atoms with van der Waals surface area (Å²) in [4.78, 5) is 14.0. The first-order valence-electron chi connectivity index (χ1n) is 11.3. The van der Waals surface area contributed by atoms with Crippen molar-refractivity contribution in [1.29, 1.82) is 0 Å². The fraction of sp³-hybridized carbons (Fsp3) is 0.478. The van der Waals surface area contributed by atoms with Crippen molar-refractivity contribution in [2.45, 2.75) is 32.0 Å². The second-order valence-electron chi connectivity index (χ2n) is 9.62. The number of sulfonamides is 1. The van der Waals surface area contributed by atoms with Gasteiger partial charge in [0.1, 0.15) is 17.0 Å². The number of nitrogens with zero attached hydrogens (tertiary/aromatic N) is 4. The molecule has 2 saturated heterocycles. The lowest BCUT2D eigenvalue weighted by molar-refractivity contribution is -0.126. The number of likely N-dealkylation sites (tertiary alicyclic amines) is 1. The van der Waals surface area contributed by atoms with E-state index in [-0.39, 0.29) is 10.3 Å². The summed E-state index contributed by atoms with van der Waals surface area (Å²) >= 11 is 1.08. The molecule has 0 bridgehead atoms. The van der Waals surface area contributed by atoms with Crippen LogP contribution < -0.4 is 9.62 Å². The number of hydrogen-bond donors (Lipinski definition) is 1. The Morgan fingerprint density at radius 1 is 1.11 bits per heavy atom. The van der Waals surface area contributed by atoms with Gasteiger partial charge in [0, 0.05) is 35.6 Å². The zero-order valence-electron chi connectivity index (χ0n) is 19.2. The zero-order valence-corrected chi connectivity index (χ0v) is 20.8. The standard InChI is InChI=1S/C23H26F3N5O2S2/c1-35(32,33)29-17-4-2-16(3-5-17)12-30-8-6-22(7-9-30)13-31(14-22)20-19-10-18(11-23(24,25)26)34-21(19)28-15-27-20/h2-5,10,15,29H,6-9,11-14H2,1H3. The highest BCUT2D eigenvalue weighted by atomic mass is 32.2. The van der Waals surface area contributed by atoms with Crippen molar-refractivity contribution in [2.24, 2.45) is 5.41 Å². The van der Waals surface area contributed by atoms with Gasteiger partial charge in [0.05, 0.1) is 18.1 Å². The second kappa shape index (κ2) is 8.90. The van der Waals surface area contributed by atoms with Crippen LogP contribution in [0, 0.1) is 5.41 Å². The van der Waals surface area contributed by atoms with Crippen LogP contribution in [0.15, 0.2) is 36.7 Å². The molecule has 188 valence electrons. The van der Waals surface area contributed by atoms with Crippen LogP contribution in [-0.4, -0.2) is 61.9 Å². The Labute approximate surface area is 206 Å². The normalized spacial score (nSPS) is 18.7. The van der Waals surface area contributed by atoms with Gasteiger partial charge in [0.15, 0.2) is 0 Å². The Morgan fingerprint density at radius 3 is 2.43 bits per heavy atom. The highest BCUT2D eigenvalue weighted by Crippen LogP contribution is 2.44. The number of piperidine rings is 1. The molecule has 0 aliphatic carbocycles. The van der Waals surface area contributed by atoms with Gasteiger partial charge in [0.2, 0.25) is 10.0 Å². The van der Waals surface area contributed by atoms with Gasteiger partial charge in [0.25, 0.3) is 0 Å². The Kier molecular flexibility index (Phi) is 6.17. The number of nitrogens with one attached hydrogen (secondary N) is 1. The number of thiophene rings is 1. The maximum atomic E-state index is 12.8. The molecule has 0 atom stereocenters. The predicted octanol–water partition coefficient (Wildman–Crippen LogP) is 4.27. The first-order valence-corrected chi connectivity index (χ1v) is 14.0. The molecule has 4 heterocycles. The molecule has 5 rings (SSSR count). The minimum absolute atomic E-state index is 0.210. The topological polar surface area (TPSA) is 78.4 Å². The molecule has 12 heteroatoms. The van der Waals surface area contributed by atoms with Crippen LogP contribution in [0.1, 0.15) is 23.3 Å². The summed E-state index contributed by atoms with van der Waals surface area (Å²) in [6.07, 6.45) is -0.508. The smallest absolute Gasteiger partial charge is 0.355 e. The molecule has 0 amide bonds. The van der Waals surface area contributed by atoms with E-state index in [0.717, 1.165) is 74.5 Å². The number of hydrogen-bond acceptors (Lipinski definition) is 7. The fourth-order valence-corrected chi connectivity index (χ4v) is 6.58. The summed E-state index contributed by atoms with van der Waals surface area (Å²) < 4.78 is 63.7. The van der Waals surface area contributed by atoms with E-state index in [4.69, 9.17) is 0 Å². The average molecular weight is 526 g/mol. The maximum absolute atomic E-state index is 12.8. The molecule has 0 radical (unpaired) electrons. The summed E-state index contributed by atoms with van der Waals surface area (Å²) in [6, 6.07) is 9.03. The molecule has 1 aromatic carbocycles. The SMILES string of the molecule is CS(=O)(=O)Nc1ccc(CN2CCC3(CC2)CN(c2ncnc4sc(CC(F)(F)F)cc24)C3)cc1. The molecule has 0 saturated carbocycles. The van der Waals surface area contributed by atoms with Crippen LogP contribution in [0.25, 0.3) is 10.2 Å². The molecule has 1 spiro atoms. The first kappa shape index (κ1) is 24.3. The van der Waals surface area contributed by atoms with Crippen molar-refractivity contribution in [1.82, 2.24) is 14.9 Å². The lowest BCUT2D eigenvalue weighted by Crippen LogP contribution is -2.60. The number of halogens is 3. The molecular weight excluding hydrogens is 499 g/mol. The molecule has 1 N–H and O–H groups in total. The van der Waals surface area contributed by atoms with Crippen molar-refractivity contribution in [3.63, 3.8) is 0 Å². The van der Waals surface area contributed by atoms with Crippen molar-refractivity contribution >= 4 is 43.1 Å². The molecule has 2 aromatic heterocycles. The minimum Gasteiger partial charge on any atom is -0.355 e. The van der Waals surface area contributed by atoms with Gasteiger partial charge in [-0.1, -0.05) is 12.1 Å². The number of alkyl halides is 3. The van der Waals surface area contributed by atoms with Gasteiger partial charge in [-0.25, -0.2) is 18.4 Å². The lowest BCUT2D eigenvalue weighted by atomic mass is 9.72. The third-order valence-corrected chi connectivity index (χ3v) is 8.32. The van der Waals surface area contributed by atoms with E-state index in [2.05, 4.69) is 24.5 Å². The molecule has 2 aliphatic rings. The summed E-state index contributed by atoms with van der Waals surface area (Å²) in [5.41, 5.74) is 1.89. The average Bonchev–Trinajstić information content (AvgIpc) is 3.14. The molecule has 35 heavy (non-hydrogen) atoms. The van der Waals surface area contributed by atoms with Crippen LogP contribution in [-0.2, 0) is 23.0 Å². The molecular formula is C23H26F3N5O2S2. The third-order valence-electron chi connectivity index (χ3n) is 6.67. The first-order chi connectivity index (χ1) is 16.5. The number of aromatic nitrogens is 2. The number of fused-ring (bicyclic) bond motifs is 1. The van der Waals surface area contributed by atoms with Crippen molar-refractivity contribution < 1.29 is 21.6 Å². The van der Waals surface area contributed by atoms with E-state index in [1.807, 2.05) is 12.1 Å². The van der Waals surface area contributed by atoms with E-state index >= 15 is 0 Å². The van der Waals surface area contributed by atoms with E-state index in [9.17, 15) is 21.6 Å². The Bertz CT molecular complexity index is 1310. The Balaban J connectivity index is 1.17.